The Hall–Kier alpha value is -4.14. The first kappa shape index (κ1) is 30.3. The van der Waals surface area contributed by atoms with E-state index in [0.29, 0.717) is 12.1 Å². The molecule has 3 atom stereocenters. The Bertz CT molecular complexity index is 1670. The van der Waals surface area contributed by atoms with Crippen molar-refractivity contribution in [1.82, 2.24) is 4.31 Å². The molecule has 5 rings (SSSR count). The van der Waals surface area contributed by atoms with Gasteiger partial charge in [-0.05, 0) is 59.9 Å². The molecule has 2 aliphatic heterocycles. The van der Waals surface area contributed by atoms with Crippen LogP contribution in [0.15, 0.2) is 82.2 Å². The molecule has 2 N–H and O–H groups in total. The summed E-state index contributed by atoms with van der Waals surface area (Å²) in [6.45, 7) is 6.98. The summed E-state index contributed by atoms with van der Waals surface area (Å²) < 4.78 is 39.5. The van der Waals surface area contributed by atoms with Crippen molar-refractivity contribution >= 4 is 27.6 Å². The first-order valence-electron chi connectivity index (χ1n) is 14.0. The summed E-state index contributed by atoms with van der Waals surface area (Å²) in [6.07, 6.45) is 2.57. The van der Waals surface area contributed by atoms with Crippen molar-refractivity contribution in [3.8, 4) is 6.07 Å². The molecule has 0 amide bonds. The highest BCUT2D eigenvalue weighted by Crippen LogP contribution is 2.54. The van der Waals surface area contributed by atoms with E-state index in [0.717, 1.165) is 19.3 Å². The maximum absolute atomic E-state index is 13.9. The first-order chi connectivity index (χ1) is 20.3. The van der Waals surface area contributed by atoms with Gasteiger partial charge in [-0.1, -0.05) is 51.1 Å². The van der Waals surface area contributed by atoms with Crippen molar-refractivity contribution in [1.29, 1.82) is 5.26 Å². The summed E-state index contributed by atoms with van der Waals surface area (Å²) >= 11 is 0. The van der Waals surface area contributed by atoms with Crippen LogP contribution in [0.5, 0.6) is 0 Å². The maximum atomic E-state index is 13.9. The van der Waals surface area contributed by atoms with Crippen molar-refractivity contribution in [2.75, 3.05) is 25.7 Å². The van der Waals surface area contributed by atoms with Crippen molar-refractivity contribution in [3.05, 3.63) is 82.8 Å². The van der Waals surface area contributed by atoms with Gasteiger partial charge in [-0.15, -0.1) is 0 Å². The van der Waals surface area contributed by atoms with Crippen LogP contribution < -0.4 is 10.6 Å². The van der Waals surface area contributed by atoms with Crippen LogP contribution in [-0.4, -0.2) is 51.5 Å². The number of ether oxygens (including phenoxy) is 2. The largest absolute Gasteiger partial charge is 0.466 e. The smallest absolute Gasteiger partial charge is 0.355 e. The van der Waals surface area contributed by atoms with E-state index in [1.165, 1.54) is 43.4 Å². The molecule has 3 aliphatic rings. The molecule has 226 valence electrons. The number of nitriles is 1. The number of benzene rings is 2. The summed E-state index contributed by atoms with van der Waals surface area (Å²) in [5, 5.41) is 10.2. The third-order valence-corrected chi connectivity index (χ3v) is 10.6. The van der Waals surface area contributed by atoms with Crippen molar-refractivity contribution in [2.24, 2.45) is 16.6 Å². The summed E-state index contributed by atoms with van der Waals surface area (Å²) in [6, 6.07) is 16.7. The molecule has 2 heterocycles. The Labute approximate surface area is 252 Å². The van der Waals surface area contributed by atoms with Crippen molar-refractivity contribution < 1.29 is 27.5 Å². The SMILES string of the molecule is COC(=O)C1=C(C(=O)OC)N(c2ccc(S(=O)(=O)N3CC4(C)CC3CC(C)(C)C4)cc2)C(N)=C(C#N)C1c1ccccc1. The number of nitrogens with two attached hydrogens (primary N) is 1. The van der Waals surface area contributed by atoms with E-state index < -0.39 is 27.9 Å². The Morgan fingerprint density at radius 2 is 1.60 bits per heavy atom. The molecule has 0 radical (unpaired) electrons. The summed E-state index contributed by atoms with van der Waals surface area (Å²) in [4.78, 5) is 27.9. The van der Waals surface area contributed by atoms with Gasteiger partial charge in [0.25, 0.3) is 0 Å². The molecule has 2 aromatic rings. The van der Waals surface area contributed by atoms with E-state index in [1.807, 2.05) is 0 Å². The van der Waals surface area contributed by atoms with Gasteiger partial charge in [0.15, 0.2) is 0 Å². The molecule has 0 spiro atoms. The number of carbonyl (C=O) groups excluding carboxylic acids is 2. The molecule has 10 nitrogen and oxygen atoms in total. The molecular formula is C32H36N4O6S. The van der Waals surface area contributed by atoms with Crippen molar-refractivity contribution in [2.45, 2.75) is 56.9 Å². The number of hydrogen-bond donors (Lipinski definition) is 1. The third kappa shape index (κ3) is 5.19. The summed E-state index contributed by atoms with van der Waals surface area (Å²) in [7, 11) is -1.47. The number of fused-ring (bicyclic) bond motifs is 2. The highest BCUT2D eigenvalue weighted by atomic mass is 32.2. The lowest BCUT2D eigenvalue weighted by Crippen LogP contribution is -2.40. The lowest BCUT2D eigenvalue weighted by molar-refractivity contribution is -0.139. The van der Waals surface area contributed by atoms with Crippen LogP contribution >= 0.6 is 0 Å². The average Bonchev–Trinajstić information content (AvgIpc) is 3.25. The number of sulfonamides is 1. The molecule has 2 fully saturated rings. The van der Waals surface area contributed by atoms with E-state index in [4.69, 9.17) is 15.2 Å². The fraction of sp³-hybridized carbons (Fsp3) is 0.406. The van der Waals surface area contributed by atoms with Gasteiger partial charge in [0.1, 0.15) is 11.5 Å². The minimum atomic E-state index is -3.82. The van der Waals surface area contributed by atoms with E-state index in [-0.39, 0.29) is 50.1 Å². The zero-order valence-electron chi connectivity index (χ0n) is 25.0. The average molecular weight is 605 g/mol. The zero-order valence-corrected chi connectivity index (χ0v) is 25.8. The van der Waals surface area contributed by atoms with E-state index >= 15 is 0 Å². The summed E-state index contributed by atoms with van der Waals surface area (Å²) in [5.41, 5.74) is 7.03. The number of nitrogens with zero attached hydrogens (tertiary/aromatic N) is 3. The molecule has 1 saturated heterocycles. The molecule has 11 heteroatoms. The van der Waals surface area contributed by atoms with Gasteiger partial charge in [-0.3, -0.25) is 4.90 Å². The van der Waals surface area contributed by atoms with E-state index in [1.54, 1.807) is 34.6 Å². The Morgan fingerprint density at radius 3 is 2.19 bits per heavy atom. The van der Waals surface area contributed by atoms with Gasteiger partial charge in [0, 0.05) is 18.3 Å². The van der Waals surface area contributed by atoms with Crippen LogP contribution in [0.25, 0.3) is 0 Å². The molecule has 2 aromatic carbocycles. The quantitative estimate of drug-likeness (QED) is 0.481. The number of carbonyl (C=O) groups is 2. The number of esters is 2. The Morgan fingerprint density at radius 1 is 0.977 bits per heavy atom. The normalized spacial score (nSPS) is 25.3. The minimum Gasteiger partial charge on any atom is -0.466 e. The van der Waals surface area contributed by atoms with Crippen LogP contribution in [0.3, 0.4) is 0 Å². The number of allylic oxidation sites excluding steroid dienone is 1. The van der Waals surface area contributed by atoms with Crippen LogP contribution in [0.2, 0.25) is 0 Å². The topological polar surface area (TPSA) is 143 Å². The second-order valence-electron chi connectivity index (χ2n) is 12.6. The fourth-order valence-electron chi connectivity index (χ4n) is 7.37. The number of anilines is 1. The van der Waals surface area contributed by atoms with Gasteiger partial charge in [-0.2, -0.15) is 9.57 Å². The lowest BCUT2D eigenvalue weighted by atomic mass is 9.65. The summed E-state index contributed by atoms with van der Waals surface area (Å²) in [5.74, 6) is -2.80. The fourth-order valence-corrected chi connectivity index (χ4v) is 9.15. The standard InChI is InChI=1S/C32H36N4O6S/c1-31(2)15-22-16-32(3,18-31)19-35(22)43(39,40)23-13-11-21(12-14-23)36-27(30(38)42-5)26(29(37)41-4)25(24(17-33)28(36)34)20-9-7-6-8-10-20/h6-14,22,25H,15-16,18-19,34H2,1-5H3. The van der Waals surface area contributed by atoms with Crippen LogP contribution in [0, 0.1) is 22.2 Å². The van der Waals surface area contributed by atoms with Gasteiger partial charge in [-0.25, -0.2) is 18.0 Å². The lowest BCUT2D eigenvalue weighted by Gasteiger charge is -2.39. The van der Waals surface area contributed by atoms with Crippen molar-refractivity contribution in [3.63, 3.8) is 0 Å². The Kier molecular flexibility index (Phi) is 7.65. The molecule has 1 saturated carbocycles. The van der Waals surface area contributed by atoms with Crippen LogP contribution in [0.4, 0.5) is 5.69 Å². The Balaban J connectivity index is 1.60. The minimum absolute atomic E-state index is 0.0242. The second kappa shape index (κ2) is 10.8. The predicted octanol–water partition coefficient (Wildman–Crippen LogP) is 4.17. The number of rotatable bonds is 6. The highest BCUT2D eigenvalue weighted by molar-refractivity contribution is 7.89. The van der Waals surface area contributed by atoms with E-state index in [9.17, 15) is 23.3 Å². The highest BCUT2D eigenvalue weighted by Gasteiger charge is 2.53. The predicted molar refractivity (Wildman–Crippen MR) is 159 cm³/mol. The van der Waals surface area contributed by atoms with Crippen LogP contribution in [0.1, 0.15) is 51.5 Å². The van der Waals surface area contributed by atoms with Gasteiger partial charge < -0.3 is 15.2 Å². The third-order valence-electron chi connectivity index (χ3n) is 8.68. The second-order valence-corrected chi connectivity index (χ2v) is 14.5. The number of methoxy groups -OCH3 is 2. The van der Waals surface area contributed by atoms with Gasteiger partial charge in [0.05, 0.1) is 42.2 Å². The van der Waals surface area contributed by atoms with Crippen LogP contribution in [-0.2, 0) is 29.1 Å². The zero-order chi connectivity index (χ0) is 31.3. The first-order valence-corrected chi connectivity index (χ1v) is 15.5. The molecule has 2 bridgehead atoms. The molecule has 3 unspecified atom stereocenters. The monoisotopic (exact) mass is 604 g/mol. The molecule has 43 heavy (non-hydrogen) atoms. The molecule has 1 aliphatic carbocycles. The number of hydrogen-bond acceptors (Lipinski definition) is 9. The van der Waals surface area contributed by atoms with E-state index in [2.05, 4.69) is 26.8 Å². The molecule has 0 aromatic heterocycles. The van der Waals surface area contributed by atoms with Gasteiger partial charge in [0.2, 0.25) is 10.0 Å². The maximum Gasteiger partial charge on any atom is 0.355 e. The van der Waals surface area contributed by atoms with Gasteiger partial charge >= 0.3 is 11.9 Å². The molecular weight excluding hydrogens is 568 g/mol.